The van der Waals surface area contributed by atoms with Crippen LogP contribution in [0.5, 0.6) is 0 Å². The lowest BCUT2D eigenvalue weighted by Crippen LogP contribution is -2.32. The highest BCUT2D eigenvalue weighted by Crippen LogP contribution is 2.10. The van der Waals surface area contributed by atoms with Crippen LogP contribution in [0.3, 0.4) is 0 Å². The monoisotopic (exact) mass is 278 g/mol. The zero-order valence-corrected chi connectivity index (χ0v) is 12.1. The number of carbonyl (C=O) groups excluding carboxylic acids is 1. The Morgan fingerprint density at radius 1 is 1.25 bits per heavy atom. The van der Waals surface area contributed by atoms with Crippen LogP contribution >= 0.6 is 0 Å². The fourth-order valence-corrected chi connectivity index (χ4v) is 2.54. The molecule has 3 nitrogen and oxygen atoms in total. The van der Waals surface area contributed by atoms with Gasteiger partial charge in [-0.05, 0) is 45.1 Å². The third-order valence-corrected chi connectivity index (χ3v) is 3.89. The Balaban J connectivity index is 1.71. The van der Waals surface area contributed by atoms with Crippen molar-refractivity contribution in [3.63, 3.8) is 0 Å². The van der Waals surface area contributed by atoms with Gasteiger partial charge in [0.1, 0.15) is 5.82 Å². The van der Waals surface area contributed by atoms with E-state index in [1.165, 1.54) is 32.0 Å². The minimum Gasteiger partial charge on any atom is -0.305 e. The second-order valence-corrected chi connectivity index (χ2v) is 5.51. The van der Waals surface area contributed by atoms with Crippen LogP contribution in [0.15, 0.2) is 24.3 Å². The fourth-order valence-electron chi connectivity index (χ4n) is 2.54. The van der Waals surface area contributed by atoms with Crippen LogP contribution in [-0.2, 0) is 0 Å². The Morgan fingerprint density at radius 2 is 1.95 bits per heavy atom. The highest BCUT2D eigenvalue weighted by molar-refractivity contribution is 5.96. The van der Waals surface area contributed by atoms with E-state index in [9.17, 15) is 9.18 Å². The second kappa shape index (κ2) is 7.50. The Morgan fingerprint density at radius 3 is 2.65 bits per heavy atom. The van der Waals surface area contributed by atoms with Crippen molar-refractivity contribution >= 4 is 5.78 Å². The number of nitrogens with zero attached hydrogens (tertiary/aromatic N) is 2. The zero-order chi connectivity index (χ0) is 14.4. The lowest BCUT2D eigenvalue weighted by atomic mass is 10.1. The van der Waals surface area contributed by atoms with Crippen molar-refractivity contribution in [1.29, 1.82) is 0 Å². The molecule has 1 saturated heterocycles. The van der Waals surface area contributed by atoms with Gasteiger partial charge in [-0.2, -0.15) is 0 Å². The maximum atomic E-state index is 13.5. The van der Waals surface area contributed by atoms with Crippen molar-refractivity contribution in [2.75, 3.05) is 39.8 Å². The van der Waals surface area contributed by atoms with Crippen molar-refractivity contribution < 1.29 is 9.18 Å². The number of likely N-dealkylation sites (N-methyl/N-ethyl adjacent to an activating group) is 1. The molecule has 20 heavy (non-hydrogen) atoms. The summed E-state index contributed by atoms with van der Waals surface area (Å²) < 4.78 is 13.5. The molecule has 0 radical (unpaired) electrons. The number of benzene rings is 1. The SMILES string of the molecule is CN(CCC(=O)c1ccccc1F)CCN1CCCC1. The molecular weight excluding hydrogens is 255 g/mol. The topological polar surface area (TPSA) is 23.6 Å². The maximum absolute atomic E-state index is 13.5. The summed E-state index contributed by atoms with van der Waals surface area (Å²) in [6.45, 7) is 5.10. The van der Waals surface area contributed by atoms with Gasteiger partial charge in [-0.1, -0.05) is 12.1 Å². The fraction of sp³-hybridized carbons (Fsp3) is 0.562. The summed E-state index contributed by atoms with van der Waals surface area (Å²) in [6, 6.07) is 6.20. The molecule has 0 unspecified atom stereocenters. The third kappa shape index (κ3) is 4.39. The van der Waals surface area contributed by atoms with Crippen molar-refractivity contribution in [3.8, 4) is 0 Å². The van der Waals surface area contributed by atoms with Gasteiger partial charge in [-0.25, -0.2) is 4.39 Å². The van der Waals surface area contributed by atoms with Gasteiger partial charge in [0.15, 0.2) is 5.78 Å². The molecular formula is C16H23FN2O. The Labute approximate surface area is 120 Å². The normalized spacial score (nSPS) is 15.9. The summed E-state index contributed by atoms with van der Waals surface area (Å²) in [5.41, 5.74) is 0.209. The van der Waals surface area contributed by atoms with E-state index in [1.807, 2.05) is 7.05 Å². The quantitative estimate of drug-likeness (QED) is 0.716. The first-order valence-corrected chi connectivity index (χ1v) is 7.35. The number of ketones is 1. The molecule has 1 aliphatic heterocycles. The van der Waals surface area contributed by atoms with Gasteiger partial charge in [-0.15, -0.1) is 0 Å². The van der Waals surface area contributed by atoms with Gasteiger partial charge in [0, 0.05) is 26.1 Å². The van der Waals surface area contributed by atoms with Crippen molar-refractivity contribution in [2.24, 2.45) is 0 Å². The van der Waals surface area contributed by atoms with Crippen LogP contribution in [0.4, 0.5) is 4.39 Å². The van der Waals surface area contributed by atoms with E-state index in [0.717, 1.165) is 13.1 Å². The highest BCUT2D eigenvalue weighted by atomic mass is 19.1. The molecule has 0 spiro atoms. The molecule has 0 N–H and O–H groups in total. The van der Waals surface area contributed by atoms with Crippen LogP contribution in [-0.4, -0.2) is 55.4 Å². The molecule has 1 aromatic carbocycles. The molecule has 2 rings (SSSR count). The van der Waals surface area contributed by atoms with Crippen LogP contribution in [0.25, 0.3) is 0 Å². The predicted octanol–water partition coefficient (Wildman–Crippen LogP) is 2.43. The van der Waals surface area contributed by atoms with Gasteiger partial charge in [0.25, 0.3) is 0 Å². The molecule has 0 aromatic heterocycles. The highest BCUT2D eigenvalue weighted by Gasteiger charge is 2.14. The summed E-state index contributed by atoms with van der Waals surface area (Å²) in [4.78, 5) is 16.6. The minimum absolute atomic E-state index is 0.115. The van der Waals surface area contributed by atoms with E-state index >= 15 is 0 Å². The largest absolute Gasteiger partial charge is 0.305 e. The molecule has 0 atom stereocenters. The van der Waals surface area contributed by atoms with Crippen LogP contribution in [0, 0.1) is 5.82 Å². The van der Waals surface area contributed by atoms with E-state index < -0.39 is 5.82 Å². The van der Waals surface area contributed by atoms with E-state index in [4.69, 9.17) is 0 Å². The van der Waals surface area contributed by atoms with Gasteiger partial charge in [-0.3, -0.25) is 4.79 Å². The Kier molecular flexibility index (Phi) is 5.68. The molecule has 4 heteroatoms. The Hall–Kier alpha value is -1.26. The van der Waals surface area contributed by atoms with Crippen LogP contribution in [0.2, 0.25) is 0 Å². The number of rotatable bonds is 7. The molecule has 0 bridgehead atoms. The summed E-state index contributed by atoms with van der Waals surface area (Å²) in [7, 11) is 2.02. The third-order valence-electron chi connectivity index (χ3n) is 3.89. The number of halogens is 1. The predicted molar refractivity (Wildman–Crippen MR) is 78.5 cm³/mol. The molecule has 0 amide bonds. The lowest BCUT2D eigenvalue weighted by molar-refractivity contribution is 0.0963. The summed E-state index contributed by atoms with van der Waals surface area (Å²) in [5, 5.41) is 0. The summed E-state index contributed by atoms with van der Waals surface area (Å²) in [5.74, 6) is -0.534. The van der Waals surface area contributed by atoms with Gasteiger partial charge in [0.2, 0.25) is 0 Å². The molecule has 110 valence electrons. The number of hydrogen-bond donors (Lipinski definition) is 0. The van der Waals surface area contributed by atoms with Crippen molar-refractivity contribution in [1.82, 2.24) is 9.80 Å². The smallest absolute Gasteiger partial charge is 0.167 e. The standard InChI is InChI=1S/C16H23FN2O/c1-18(12-13-19-9-4-5-10-19)11-8-16(20)14-6-2-3-7-15(14)17/h2-3,6-7H,4-5,8-13H2,1H3. The van der Waals surface area contributed by atoms with Gasteiger partial charge < -0.3 is 9.80 Å². The van der Waals surface area contributed by atoms with E-state index in [2.05, 4.69) is 9.80 Å². The van der Waals surface area contributed by atoms with Crippen molar-refractivity contribution in [3.05, 3.63) is 35.6 Å². The average molecular weight is 278 g/mol. The zero-order valence-electron chi connectivity index (χ0n) is 12.1. The second-order valence-electron chi connectivity index (χ2n) is 5.51. The first-order valence-electron chi connectivity index (χ1n) is 7.35. The molecule has 1 aliphatic rings. The molecule has 1 heterocycles. The van der Waals surface area contributed by atoms with E-state index in [1.54, 1.807) is 18.2 Å². The number of carbonyl (C=O) groups is 1. The van der Waals surface area contributed by atoms with Gasteiger partial charge in [0.05, 0.1) is 5.56 Å². The molecule has 0 saturated carbocycles. The number of Topliss-reactive ketones (excluding diaryl/α,β-unsaturated/α-hetero) is 1. The number of likely N-dealkylation sites (tertiary alicyclic amines) is 1. The minimum atomic E-state index is -0.419. The van der Waals surface area contributed by atoms with Gasteiger partial charge >= 0.3 is 0 Å². The molecule has 0 aliphatic carbocycles. The number of hydrogen-bond acceptors (Lipinski definition) is 3. The van der Waals surface area contributed by atoms with Crippen LogP contribution in [0.1, 0.15) is 29.6 Å². The molecule has 1 aromatic rings. The lowest BCUT2D eigenvalue weighted by Gasteiger charge is -2.20. The summed E-state index contributed by atoms with van der Waals surface area (Å²) in [6.07, 6.45) is 2.97. The van der Waals surface area contributed by atoms with Crippen molar-refractivity contribution in [2.45, 2.75) is 19.3 Å². The Bertz CT molecular complexity index is 444. The molecule has 1 fully saturated rings. The van der Waals surface area contributed by atoms with E-state index in [0.29, 0.717) is 13.0 Å². The summed E-state index contributed by atoms with van der Waals surface area (Å²) >= 11 is 0. The first-order chi connectivity index (χ1) is 9.66. The average Bonchev–Trinajstić information content (AvgIpc) is 2.96. The first kappa shape index (κ1) is 15.1. The van der Waals surface area contributed by atoms with E-state index in [-0.39, 0.29) is 11.3 Å². The maximum Gasteiger partial charge on any atom is 0.167 e. The van der Waals surface area contributed by atoms with Crippen LogP contribution < -0.4 is 0 Å².